The molecule has 10 heteroatoms. The zero-order valence-electron chi connectivity index (χ0n) is 13.8. The van der Waals surface area contributed by atoms with Gasteiger partial charge in [0.05, 0.1) is 0 Å². The number of anilines is 1. The van der Waals surface area contributed by atoms with E-state index in [2.05, 4.69) is 31.0 Å². The number of hydrogen-bond donors (Lipinski definition) is 1. The second-order valence-electron chi connectivity index (χ2n) is 5.51. The summed E-state index contributed by atoms with van der Waals surface area (Å²) in [6, 6.07) is 12.8. The Labute approximate surface area is 147 Å². The first kappa shape index (κ1) is 15.7. The van der Waals surface area contributed by atoms with Crippen LogP contribution < -0.4 is 5.32 Å². The predicted molar refractivity (Wildman–Crippen MR) is 90.1 cm³/mol. The number of carbonyl (C=O) groups excluding carboxylic acids is 1. The van der Waals surface area contributed by atoms with Crippen LogP contribution in [0.15, 0.2) is 53.2 Å². The van der Waals surface area contributed by atoms with E-state index in [1.807, 2.05) is 30.3 Å². The molecule has 26 heavy (non-hydrogen) atoms. The fourth-order valence-electron chi connectivity index (χ4n) is 2.30. The van der Waals surface area contributed by atoms with Crippen molar-refractivity contribution in [1.29, 1.82) is 0 Å². The quantitative estimate of drug-likeness (QED) is 0.581. The third-order valence-electron chi connectivity index (χ3n) is 3.50. The van der Waals surface area contributed by atoms with Crippen LogP contribution >= 0.6 is 0 Å². The Balaban J connectivity index is 1.44. The Morgan fingerprint density at radius 2 is 2.04 bits per heavy atom. The molecule has 4 aromatic rings. The van der Waals surface area contributed by atoms with Crippen LogP contribution in [-0.2, 0) is 6.67 Å². The highest BCUT2D eigenvalue weighted by atomic mass is 16.5. The van der Waals surface area contributed by atoms with Crippen LogP contribution in [0.5, 0.6) is 0 Å². The van der Waals surface area contributed by atoms with Crippen molar-refractivity contribution in [2.45, 2.75) is 13.6 Å². The highest BCUT2D eigenvalue weighted by Gasteiger charge is 2.13. The number of aromatic nitrogens is 7. The van der Waals surface area contributed by atoms with E-state index in [0.717, 1.165) is 5.56 Å². The third kappa shape index (κ3) is 3.34. The molecule has 0 saturated heterocycles. The number of nitrogens with one attached hydrogen (secondary N) is 1. The van der Waals surface area contributed by atoms with E-state index in [9.17, 15) is 4.79 Å². The SMILES string of the molecule is Cc1cc(NC(=O)c2ccn(Cn3nnc(-c4ccccc4)n3)n2)no1. The Morgan fingerprint density at radius 1 is 1.19 bits per heavy atom. The van der Waals surface area contributed by atoms with Crippen molar-refractivity contribution >= 4 is 11.7 Å². The first-order valence-electron chi connectivity index (χ1n) is 7.79. The van der Waals surface area contributed by atoms with Gasteiger partial charge >= 0.3 is 0 Å². The number of aryl methyl sites for hydroxylation is 1. The highest BCUT2D eigenvalue weighted by Crippen LogP contribution is 2.12. The standard InChI is InChI=1S/C16H14N8O2/c1-11-9-14(21-26-11)17-16(25)13-7-8-23(19-13)10-24-20-15(18-22-24)12-5-3-2-4-6-12/h2-9H,10H2,1H3,(H,17,21,25). The molecular formula is C16H14N8O2. The molecule has 3 heterocycles. The molecule has 1 aromatic carbocycles. The van der Waals surface area contributed by atoms with Crippen LogP contribution in [0.3, 0.4) is 0 Å². The minimum absolute atomic E-state index is 0.232. The van der Waals surface area contributed by atoms with E-state index < -0.39 is 0 Å². The van der Waals surface area contributed by atoms with Crippen LogP contribution in [0.1, 0.15) is 16.2 Å². The Hall–Kier alpha value is -3.82. The lowest BCUT2D eigenvalue weighted by atomic mass is 10.2. The monoisotopic (exact) mass is 350 g/mol. The van der Waals surface area contributed by atoms with Crippen LogP contribution in [-0.4, -0.2) is 41.1 Å². The number of benzene rings is 1. The first-order chi connectivity index (χ1) is 12.7. The zero-order chi connectivity index (χ0) is 17.9. The van der Waals surface area contributed by atoms with Crippen molar-refractivity contribution in [2.24, 2.45) is 0 Å². The summed E-state index contributed by atoms with van der Waals surface area (Å²) in [5.74, 6) is 1.09. The zero-order valence-corrected chi connectivity index (χ0v) is 13.8. The van der Waals surface area contributed by atoms with E-state index in [1.54, 1.807) is 29.9 Å². The van der Waals surface area contributed by atoms with Gasteiger partial charge in [0.15, 0.2) is 18.2 Å². The van der Waals surface area contributed by atoms with E-state index in [0.29, 0.717) is 17.4 Å². The lowest BCUT2D eigenvalue weighted by molar-refractivity contribution is 0.102. The molecule has 4 rings (SSSR count). The van der Waals surface area contributed by atoms with Gasteiger partial charge in [-0.3, -0.25) is 4.79 Å². The number of nitrogens with zero attached hydrogens (tertiary/aromatic N) is 7. The van der Waals surface area contributed by atoms with Crippen LogP contribution in [0, 0.1) is 6.92 Å². The summed E-state index contributed by atoms with van der Waals surface area (Å²) >= 11 is 0. The molecule has 0 bridgehead atoms. The Morgan fingerprint density at radius 3 is 2.81 bits per heavy atom. The van der Waals surface area contributed by atoms with Crippen molar-refractivity contribution in [3.8, 4) is 11.4 Å². The molecule has 0 radical (unpaired) electrons. The number of tetrazole rings is 1. The molecule has 0 aliphatic heterocycles. The second-order valence-corrected chi connectivity index (χ2v) is 5.51. The smallest absolute Gasteiger partial charge is 0.277 e. The van der Waals surface area contributed by atoms with Crippen LogP contribution in [0.25, 0.3) is 11.4 Å². The maximum atomic E-state index is 12.2. The van der Waals surface area contributed by atoms with Gasteiger partial charge in [-0.1, -0.05) is 35.5 Å². The first-order valence-corrected chi connectivity index (χ1v) is 7.79. The average Bonchev–Trinajstić information content (AvgIpc) is 3.38. The van der Waals surface area contributed by atoms with Crippen molar-refractivity contribution in [3.63, 3.8) is 0 Å². The molecule has 10 nitrogen and oxygen atoms in total. The molecular weight excluding hydrogens is 336 g/mol. The van der Waals surface area contributed by atoms with Gasteiger partial charge in [-0.2, -0.15) is 5.10 Å². The number of amides is 1. The second kappa shape index (κ2) is 6.59. The van der Waals surface area contributed by atoms with Gasteiger partial charge in [0, 0.05) is 17.8 Å². The fourth-order valence-corrected chi connectivity index (χ4v) is 2.30. The molecule has 1 amide bonds. The van der Waals surface area contributed by atoms with Gasteiger partial charge in [0.2, 0.25) is 5.82 Å². The molecule has 3 aromatic heterocycles. The van der Waals surface area contributed by atoms with Crippen LogP contribution in [0.2, 0.25) is 0 Å². The molecule has 0 fully saturated rings. The summed E-state index contributed by atoms with van der Waals surface area (Å²) in [6.07, 6.45) is 1.66. The van der Waals surface area contributed by atoms with Crippen LogP contribution in [0.4, 0.5) is 5.82 Å². The van der Waals surface area contributed by atoms with Gasteiger partial charge in [-0.25, -0.2) is 4.68 Å². The summed E-state index contributed by atoms with van der Waals surface area (Å²) in [7, 11) is 0. The summed E-state index contributed by atoms with van der Waals surface area (Å²) < 4.78 is 6.45. The summed E-state index contributed by atoms with van der Waals surface area (Å²) in [4.78, 5) is 13.6. The Bertz CT molecular complexity index is 1030. The van der Waals surface area contributed by atoms with Gasteiger partial charge in [-0.15, -0.1) is 15.0 Å². The third-order valence-corrected chi connectivity index (χ3v) is 3.50. The normalized spacial score (nSPS) is 10.8. The lowest BCUT2D eigenvalue weighted by Gasteiger charge is -1.99. The molecule has 0 saturated carbocycles. The van der Waals surface area contributed by atoms with E-state index in [1.165, 1.54) is 4.80 Å². The minimum atomic E-state index is -0.381. The summed E-state index contributed by atoms with van der Waals surface area (Å²) in [5.41, 5.74) is 1.12. The van der Waals surface area contributed by atoms with Gasteiger partial charge in [-0.05, 0) is 18.2 Å². The Kier molecular flexibility index (Phi) is 3.98. The number of rotatable bonds is 5. The summed E-state index contributed by atoms with van der Waals surface area (Å²) in [5, 5.41) is 22.9. The largest absolute Gasteiger partial charge is 0.360 e. The van der Waals surface area contributed by atoms with Crippen molar-refractivity contribution in [2.75, 3.05) is 5.32 Å². The van der Waals surface area contributed by atoms with Gasteiger partial charge in [0.1, 0.15) is 5.76 Å². The minimum Gasteiger partial charge on any atom is -0.360 e. The van der Waals surface area contributed by atoms with E-state index in [4.69, 9.17) is 4.52 Å². The fraction of sp³-hybridized carbons (Fsp3) is 0.125. The molecule has 0 unspecified atom stereocenters. The molecule has 0 atom stereocenters. The lowest BCUT2D eigenvalue weighted by Crippen LogP contribution is -2.16. The number of carbonyl (C=O) groups is 1. The topological polar surface area (TPSA) is 117 Å². The van der Waals surface area contributed by atoms with Gasteiger partial charge in [0.25, 0.3) is 5.91 Å². The van der Waals surface area contributed by atoms with E-state index >= 15 is 0 Å². The maximum Gasteiger partial charge on any atom is 0.277 e. The average molecular weight is 350 g/mol. The van der Waals surface area contributed by atoms with Gasteiger partial charge < -0.3 is 9.84 Å². The van der Waals surface area contributed by atoms with E-state index in [-0.39, 0.29) is 18.3 Å². The highest BCUT2D eigenvalue weighted by molar-refractivity contribution is 6.02. The molecule has 0 aliphatic rings. The molecule has 1 N–H and O–H groups in total. The molecule has 0 spiro atoms. The summed E-state index contributed by atoms with van der Waals surface area (Å²) in [6.45, 7) is 1.97. The van der Waals surface area contributed by atoms with Crippen molar-refractivity contribution in [1.82, 2.24) is 35.1 Å². The molecule has 130 valence electrons. The predicted octanol–water partition coefficient (Wildman–Crippen LogP) is 1.59. The van der Waals surface area contributed by atoms with Crippen molar-refractivity contribution in [3.05, 3.63) is 60.1 Å². The van der Waals surface area contributed by atoms with Crippen molar-refractivity contribution < 1.29 is 9.32 Å². The molecule has 0 aliphatic carbocycles. The number of hydrogen-bond acceptors (Lipinski definition) is 7. The maximum absolute atomic E-state index is 12.2.